The van der Waals surface area contributed by atoms with Gasteiger partial charge in [0.05, 0.1) is 41.8 Å². The van der Waals surface area contributed by atoms with Gasteiger partial charge < -0.3 is 24.7 Å². The summed E-state index contributed by atoms with van der Waals surface area (Å²) in [6.07, 6.45) is 2.43. The lowest BCUT2D eigenvalue weighted by Crippen LogP contribution is -2.38. The first-order valence-corrected chi connectivity index (χ1v) is 12.2. The van der Waals surface area contributed by atoms with Crippen molar-refractivity contribution >= 4 is 12.4 Å². The predicted molar refractivity (Wildman–Crippen MR) is 131 cm³/mol. The molecule has 0 aliphatic heterocycles. The van der Waals surface area contributed by atoms with Crippen LogP contribution in [-0.4, -0.2) is 50.2 Å². The van der Waals surface area contributed by atoms with Gasteiger partial charge in [-0.15, -0.1) is 5.10 Å². The van der Waals surface area contributed by atoms with E-state index in [0.29, 0.717) is 41.4 Å². The number of carbonyl (C=O) groups is 2. The van der Waals surface area contributed by atoms with E-state index in [0.717, 1.165) is 37.3 Å². The molecule has 10 nitrogen and oxygen atoms in total. The highest BCUT2D eigenvalue weighted by molar-refractivity contribution is 5.68. The molecular weight excluding hydrogens is 500 g/mol. The van der Waals surface area contributed by atoms with Crippen LogP contribution in [0.4, 0.5) is 13.6 Å². The lowest BCUT2D eigenvalue weighted by molar-refractivity contribution is -0.122. The number of rotatable bonds is 9. The van der Waals surface area contributed by atoms with E-state index in [9.17, 15) is 23.5 Å². The number of benzene rings is 1. The van der Waals surface area contributed by atoms with Crippen LogP contribution in [0.1, 0.15) is 42.6 Å². The van der Waals surface area contributed by atoms with Gasteiger partial charge in [-0.25, -0.2) is 23.2 Å². The van der Waals surface area contributed by atoms with E-state index >= 15 is 0 Å². The van der Waals surface area contributed by atoms with Gasteiger partial charge in [-0.1, -0.05) is 5.21 Å². The quantitative estimate of drug-likeness (QED) is 0.404. The standard InChI is InChI=1S/C26H29F2N5O5/c1-16-23(38-19-4-3-9-26(11-19,14-34)15-35)8-7-21(30-16)24-22(33(2)32-31-24)12-29-25(36)37-13-17-10-18(27)5-6-20(17)28/h5-8,10,14,19,35H,3-4,9,11-13,15H2,1-2H3,(H,29,36)/t19-,26?/m0/s1. The molecule has 38 heavy (non-hydrogen) atoms. The Labute approximate surface area is 218 Å². The zero-order valence-electron chi connectivity index (χ0n) is 21.1. The van der Waals surface area contributed by atoms with Crippen LogP contribution in [0, 0.1) is 24.0 Å². The van der Waals surface area contributed by atoms with Crippen molar-refractivity contribution in [3.63, 3.8) is 0 Å². The van der Waals surface area contributed by atoms with Crippen molar-refractivity contribution in [1.29, 1.82) is 0 Å². The molecule has 1 aromatic carbocycles. The number of amides is 1. The van der Waals surface area contributed by atoms with Crippen molar-refractivity contribution in [2.24, 2.45) is 12.5 Å². The summed E-state index contributed by atoms with van der Waals surface area (Å²) in [4.78, 5) is 28.3. The lowest BCUT2D eigenvalue weighted by Gasteiger charge is -2.35. The molecule has 1 aliphatic carbocycles. The topological polar surface area (TPSA) is 128 Å². The highest BCUT2D eigenvalue weighted by Crippen LogP contribution is 2.36. The second-order valence-electron chi connectivity index (χ2n) is 9.43. The normalized spacial score (nSPS) is 19.1. The average molecular weight is 530 g/mol. The summed E-state index contributed by atoms with van der Waals surface area (Å²) in [6.45, 7) is 1.16. The molecule has 0 radical (unpaired) electrons. The van der Waals surface area contributed by atoms with Crippen molar-refractivity contribution in [3.8, 4) is 17.1 Å². The molecule has 12 heteroatoms. The Hall–Kier alpha value is -3.93. The first-order chi connectivity index (χ1) is 18.2. The summed E-state index contributed by atoms with van der Waals surface area (Å²) in [5.41, 5.74) is 1.26. The molecule has 0 bridgehead atoms. The number of carbonyl (C=O) groups excluding carboxylic acids is 2. The number of aromatic nitrogens is 4. The monoisotopic (exact) mass is 529 g/mol. The van der Waals surface area contributed by atoms with Crippen molar-refractivity contribution in [1.82, 2.24) is 25.3 Å². The molecule has 1 fully saturated rings. The minimum Gasteiger partial charge on any atom is -0.488 e. The summed E-state index contributed by atoms with van der Waals surface area (Å²) < 4.78 is 39.7. The predicted octanol–water partition coefficient (Wildman–Crippen LogP) is 3.39. The maximum absolute atomic E-state index is 13.7. The average Bonchev–Trinajstić information content (AvgIpc) is 3.29. The Bertz CT molecular complexity index is 1320. The number of alkyl carbamates (subject to hydrolysis) is 1. The number of ether oxygens (including phenoxy) is 2. The zero-order chi connectivity index (χ0) is 27.3. The van der Waals surface area contributed by atoms with Gasteiger partial charge in [0.1, 0.15) is 36.0 Å². The summed E-state index contributed by atoms with van der Waals surface area (Å²) in [5, 5.41) is 20.4. The van der Waals surface area contributed by atoms with E-state index in [1.54, 1.807) is 26.1 Å². The van der Waals surface area contributed by atoms with Crippen LogP contribution in [0.15, 0.2) is 30.3 Å². The number of nitrogens with zero attached hydrogens (tertiary/aromatic N) is 4. The molecule has 1 amide bonds. The maximum atomic E-state index is 13.7. The van der Waals surface area contributed by atoms with Gasteiger partial charge in [0, 0.05) is 12.6 Å². The third-order valence-corrected chi connectivity index (χ3v) is 6.68. The molecule has 0 saturated heterocycles. The molecule has 1 unspecified atom stereocenters. The van der Waals surface area contributed by atoms with Gasteiger partial charge in [-0.2, -0.15) is 0 Å². The van der Waals surface area contributed by atoms with Gasteiger partial charge in [-0.05, 0) is 62.9 Å². The molecule has 4 rings (SSSR count). The molecule has 2 N–H and O–H groups in total. The van der Waals surface area contributed by atoms with Crippen LogP contribution in [0.5, 0.6) is 5.75 Å². The molecule has 1 saturated carbocycles. The van der Waals surface area contributed by atoms with E-state index < -0.39 is 29.7 Å². The van der Waals surface area contributed by atoms with Gasteiger partial charge in [-0.3, -0.25) is 0 Å². The third kappa shape index (κ3) is 6.13. The summed E-state index contributed by atoms with van der Waals surface area (Å²) in [6, 6.07) is 6.40. The van der Waals surface area contributed by atoms with Gasteiger partial charge in [0.2, 0.25) is 0 Å². The summed E-state index contributed by atoms with van der Waals surface area (Å²) >= 11 is 0. The Morgan fingerprint density at radius 1 is 1.32 bits per heavy atom. The van der Waals surface area contributed by atoms with Crippen molar-refractivity contribution in [2.45, 2.75) is 51.9 Å². The number of hydrogen-bond acceptors (Lipinski definition) is 8. The van der Waals surface area contributed by atoms with Crippen LogP contribution in [0.25, 0.3) is 11.4 Å². The van der Waals surface area contributed by atoms with E-state index in [2.05, 4.69) is 20.6 Å². The number of nitrogens with one attached hydrogen (secondary N) is 1. The highest BCUT2D eigenvalue weighted by atomic mass is 19.1. The van der Waals surface area contributed by atoms with Crippen LogP contribution in [0.2, 0.25) is 0 Å². The Morgan fingerprint density at radius 2 is 2.13 bits per heavy atom. The van der Waals surface area contributed by atoms with Crippen LogP contribution in [0.3, 0.4) is 0 Å². The highest BCUT2D eigenvalue weighted by Gasteiger charge is 2.37. The number of aliphatic hydroxyl groups excluding tert-OH is 1. The SMILES string of the molecule is Cc1nc(-c2nnn(C)c2CNC(=O)OCc2cc(F)ccc2F)ccc1O[C@H]1CCCC(C=O)(CO)C1. The molecule has 2 heterocycles. The first kappa shape index (κ1) is 27.1. The number of pyridine rings is 1. The Morgan fingerprint density at radius 3 is 2.87 bits per heavy atom. The summed E-state index contributed by atoms with van der Waals surface area (Å²) in [7, 11) is 1.66. The van der Waals surface area contributed by atoms with E-state index in [4.69, 9.17) is 9.47 Å². The second kappa shape index (κ2) is 11.6. The summed E-state index contributed by atoms with van der Waals surface area (Å²) in [5.74, 6) is -0.741. The molecular formula is C26H29F2N5O5. The Kier molecular flexibility index (Phi) is 8.30. The van der Waals surface area contributed by atoms with E-state index in [1.165, 1.54) is 4.68 Å². The van der Waals surface area contributed by atoms with E-state index in [-0.39, 0.29) is 24.8 Å². The molecule has 0 spiro atoms. The number of aldehydes is 1. The lowest BCUT2D eigenvalue weighted by atomic mass is 9.74. The first-order valence-electron chi connectivity index (χ1n) is 12.2. The molecule has 2 atom stereocenters. The van der Waals surface area contributed by atoms with Crippen molar-refractivity contribution in [3.05, 3.63) is 58.9 Å². The fourth-order valence-electron chi connectivity index (χ4n) is 4.49. The smallest absolute Gasteiger partial charge is 0.407 e. The van der Waals surface area contributed by atoms with Crippen molar-refractivity contribution < 1.29 is 33.0 Å². The van der Waals surface area contributed by atoms with Gasteiger partial charge in [0.25, 0.3) is 0 Å². The number of hydrogen-bond donors (Lipinski definition) is 2. The van der Waals surface area contributed by atoms with Crippen LogP contribution in [-0.2, 0) is 29.7 Å². The van der Waals surface area contributed by atoms with Gasteiger partial charge >= 0.3 is 6.09 Å². The fraction of sp³-hybridized carbons (Fsp3) is 0.423. The largest absolute Gasteiger partial charge is 0.488 e. The second-order valence-corrected chi connectivity index (χ2v) is 9.43. The zero-order valence-corrected chi connectivity index (χ0v) is 21.1. The van der Waals surface area contributed by atoms with Crippen molar-refractivity contribution in [2.75, 3.05) is 6.61 Å². The molecule has 2 aromatic heterocycles. The minimum absolute atomic E-state index is 0.000704. The fourth-order valence-corrected chi connectivity index (χ4v) is 4.49. The minimum atomic E-state index is -0.824. The number of aryl methyl sites for hydroxylation is 2. The maximum Gasteiger partial charge on any atom is 0.407 e. The van der Waals surface area contributed by atoms with Crippen LogP contribution >= 0.6 is 0 Å². The molecule has 1 aliphatic rings. The molecule has 202 valence electrons. The number of halogens is 2. The van der Waals surface area contributed by atoms with Gasteiger partial charge in [0.15, 0.2) is 0 Å². The number of aliphatic hydroxyl groups is 1. The Balaban J connectivity index is 1.40. The molecule has 3 aromatic rings. The third-order valence-electron chi connectivity index (χ3n) is 6.68. The van der Waals surface area contributed by atoms with E-state index in [1.807, 2.05) is 0 Å². The van der Waals surface area contributed by atoms with Crippen LogP contribution < -0.4 is 10.1 Å².